The molecule has 0 unspecified atom stereocenters. The molecule has 0 saturated carbocycles. The van der Waals surface area contributed by atoms with Gasteiger partial charge in [0.15, 0.2) is 17.2 Å². The Morgan fingerprint density at radius 1 is 1.00 bits per heavy atom. The summed E-state index contributed by atoms with van der Waals surface area (Å²) in [5.41, 5.74) is 2.37. The quantitative estimate of drug-likeness (QED) is 0.473. The number of methoxy groups -OCH3 is 1. The van der Waals surface area contributed by atoms with Gasteiger partial charge in [-0.1, -0.05) is 35.9 Å². The highest BCUT2D eigenvalue weighted by Crippen LogP contribution is 2.36. The molecule has 0 atom stereocenters. The molecule has 9 heteroatoms. The van der Waals surface area contributed by atoms with Crippen LogP contribution in [0.3, 0.4) is 0 Å². The van der Waals surface area contributed by atoms with Crippen molar-refractivity contribution in [2.75, 3.05) is 29.5 Å². The number of halogens is 1. The first-order valence-electron chi connectivity index (χ1n) is 10.0. The first kappa shape index (κ1) is 24.4. The fourth-order valence-corrected chi connectivity index (χ4v) is 4.28. The number of rotatable bonds is 8. The summed E-state index contributed by atoms with van der Waals surface area (Å²) in [5.74, 6) is 0.747. The Bertz CT molecular complexity index is 1280. The van der Waals surface area contributed by atoms with Crippen molar-refractivity contribution in [2.45, 2.75) is 13.8 Å². The smallest absolute Gasteiger partial charge is 0.245 e. The van der Waals surface area contributed by atoms with Crippen LogP contribution in [0.5, 0.6) is 17.2 Å². The molecule has 3 aromatic rings. The number of anilines is 2. The number of hydrogen-bond donors (Lipinski definition) is 1. The molecule has 0 spiro atoms. The fourth-order valence-electron chi connectivity index (χ4n) is 3.20. The van der Waals surface area contributed by atoms with Crippen LogP contribution in [-0.4, -0.2) is 34.2 Å². The second-order valence-electron chi connectivity index (χ2n) is 7.50. The Kier molecular flexibility index (Phi) is 7.50. The van der Waals surface area contributed by atoms with Crippen molar-refractivity contribution >= 4 is 38.9 Å². The van der Waals surface area contributed by atoms with E-state index in [0.29, 0.717) is 33.6 Å². The zero-order chi connectivity index (χ0) is 24.2. The van der Waals surface area contributed by atoms with E-state index in [1.807, 2.05) is 25.1 Å². The predicted molar refractivity (Wildman–Crippen MR) is 131 cm³/mol. The minimum absolute atomic E-state index is 0.299. The van der Waals surface area contributed by atoms with Gasteiger partial charge in [-0.15, -0.1) is 0 Å². The molecular formula is C24H25ClN2O5S. The number of benzene rings is 3. The Morgan fingerprint density at radius 2 is 1.70 bits per heavy atom. The molecule has 0 heterocycles. The average molecular weight is 489 g/mol. The summed E-state index contributed by atoms with van der Waals surface area (Å²) in [6.07, 6.45) is 1.07. The second-order valence-corrected chi connectivity index (χ2v) is 9.84. The van der Waals surface area contributed by atoms with Gasteiger partial charge in [-0.05, 0) is 61.4 Å². The molecule has 0 radical (unpaired) electrons. The molecule has 3 rings (SSSR count). The van der Waals surface area contributed by atoms with Crippen LogP contribution >= 0.6 is 11.6 Å². The summed E-state index contributed by atoms with van der Waals surface area (Å²) in [6, 6.07) is 17.3. The van der Waals surface area contributed by atoms with E-state index in [-0.39, 0.29) is 0 Å². The topological polar surface area (TPSA) is 84.9 Å². The van der Waals surface area contributed by atoms with Gasteiger partial charge in [-0.3, -0.25) is 9.10 Å². The van der Waals surface area contributed by atoms with E-state index in [1.54, 1.807) is 43.3 Å². The second kappa shape index (κ2) is 10.1. The molecule has 0 saturated heterocycles. The number of amides is 1. The fraction of sp³-hybridized carbons (Fsp3) is 0.208. The van der Waals surface area contributed by atoms with Gasteiger partial charge in [0.25, 0.3) is 0 Å². The lowest BCUT2D eigenvalue weighted by atomic mass is 10.1. The van der Waals surface area contributed by atoms with E-state index in [0.717, 1.165) is 21.7 Å². The highest BCUT2D eigenvalue weighted by Gasteiger charge is 2.23. The first-order chi connectivity index (χ1) is 15.6. The van der Waals surface area contributed by atoms with Crippen LogP contribution in [0.2, 0.25) is 5.02 Å². The van der Waals surface area contributed by atoms with Crippen molar-refractivity contribution in [3.63, 3.8) is 0 Å². The van der Waals surface area contributed by atoms with Crippen LogP contribution < -0.4 is 19.1 Å². The van der Waals surface area contributed by atoms with Crippen LogP contribution in [0.25, 0.3) is 0 Å². The third-order valence-electron chi connectivity index (χ3n) is 4.83. The molecule has 33 heavy (non-hydrogen) atoms. The maximum absolute atomic E-state index is 12.9. The Morgan fingerprint density at radius 3 is 2.36 bits per heavy atom. The van der Waals surface area contributed by atoms with E-state index in [1.165, 1.54) is 13.2 Å². The molecule has 0 fully saturated rings. The van der Waals surface area contributed by atoms with Crippen molar-refractivity contribution in [1.82, 2.24) is 0 Å². The Balaban J connectivity index is 1.89. The van der Waals surface area contributed by atoms with Gasteiger partial charge < -0.3 is 14.8 Å². The van der Waals surface area contributed by atoms with Gasteiger partial charge in [0.1, 0.15) is 6.54 Å². The summed E-state index contributed by atoms with van der Waals surface area (Å²) in [7, 11) is -2.19. The lowest BCUT2D eigenvalue weighted by Crippen LogP contribution is -2.38. The van der Waals surface area contributed by atoms with Crippen molar-refractivity contribution in [2.24, 2.45) is 0 Å². The van der Waals surface area contributed by atoms with Crippen LogP contribution in [0.4, 0.5) is 11.4 Å². The first-order valence-corrected chi connectivity index (χ1v) is 12.3. The van der Waals surface area contributed by atoms with Crippen molar-refractivity contribution in [3.8, 4) is 17.2 Å². The summed E-state index contributed by atoms with van der Waals surface area (Å²) in [4.78, 5) is 12.9. The minimum Gasteiger partial charge on any atom is -0.493 e. The normalized spacial score (nSPS) is 11.1. The Hall–Kier alpha value is -3.23. The molecule has 0 aliphatic carbocycles. The number of carbonyl (C=O) groups is 1. The maximum atomic E-state index is 12.9. The molecule has 7 nitrogen and oxygen atoms in total. The van der Waals surface area contributed by atoms with Crippen LogP contribution in [0.15, 0.2) is 60.7 Å². The van der Waals surface area contributed by atoms with E-state index < -0.39 is 22.5 Å². The van der Waals surface area contributed by atoms with Crippen LogP contribution in [0.1, 0.15) is 11.1 Å². The van der Waals surface area contributed by atoms with Crippen molar-refractivity contribution in [3.05, 3.63) is 76.8 Å². The molecule has 174 valence electrons. The number of aryl methyl sites for hydroxylation is 2. The highest BCUT2D eigenvalue weighted by molar-refractivity contribution is 7.92. The third kappa shape index (κ3) is 6.18. The Labute approximate surface area is 198 Å². The van der Waals surface area contributed by atoms with Crippen molar-refractivity contribution in [1.29, 1.82) is 0 Å². The summed E-state index contributed by atoms with van der Waals surface area (Å²) < 4.78 is 37.3. The lowest BCUT2D eigenvalue weighted by Gasteiger charge is -2.24. The number of hydrogen-bond acceptors (Lipinski definition) is 5. The average Bonchev–Trinajstić information content (AvgIpc) is 2.75. The van der Waals surface area contributed by atoms with Crippen LogP contribution in [0, 0.1) is 13.8 Å². The monoisotopic (exact) mass is 488 g/mol. The molecule has 0 aliphatic rings. The zero-order valence-corrected chi connectivity index (χ0v) is 20.3. The largest absolute Gasteiger partial charge is 0.493 e. The van der Waals surface area contributed by atoms with Gasteiger partial charge in [0, 0.05) is 5.02 Å². The van der Waals surface area contributed by atoms with E-state index in [2.05, 4.69) is 5.32 Å². The molecule has 1 amide bonds. The summed E-state index contributed by atoms with van der Waals surface area (Å²) in [5, 5.41) is 3.10. The number of ether oxygens (including phenoxy) is 2. The van der Waals surface area contributed by atoms with Crippen molar-refractivity contribution < 1.29 is 22.7 Å². The molecule has 0 aromatic heterocycles. The van der Waals surface area contributed by atoms with Gasteiger partial charge in [-0.25, -0.2) is 8.42 Å². The number of nitrogens with one attached hydrogen (secondary N) is 1. The third-order valence-corrected chi connectivity index (χ3v) is 6.19. The molecule has 0 bridgehead atoms. The number of carbonyl (C=O) groups excluding carboxylic acids is 1. The standard InChI is InChI=1S/C24H25ClN2O5S/c1-16-9-10-17(2)20(13-16)27(33(4,29)30)15-24(28)26-19-14-18(25)11-12-21(19)32-23-8-6-5-7-22(23)31-3/h5-14H,15H2,1-4H3,(H,26,28). The predicted octanol–water partition coefficient (Wildman–Crippen LogP) is 5.16. The van der Waals surface area contributed by atoms with E-state index in [9.17, 15) is 13.2 Å². The maximum Gasteiger partial charge on any atom is 0.245 e. The van der Waals surface area contributed by atoms with Gasteiger partial charge in [-0.2, -0.15) is 0 Å². The number of para-hydroxylation sites is 2. The SMILES string of the molecule is COc1ccccc1Oc1ccc(Cl)cc1NC(=O)CN(c1cc(C)ccc1C)S(C)(=O)=O. The number of nitrogens with zero attached hydrogens (tertiary/aromatic N) is 1. The van der Waals surface area contributed by atoms with Gasteiger partial charge >= 0.3 is 0 Å². The molecule has 1 N–H and O–H groups in total. The van der Waals surface area contributed by atoms with Gasteiger partial charge in [0.05, 0.1) is 24.7 Å². The summed E-state index contributed by atoms with van der Waals surface area (Å²) >= 11 is 6.14. The number of sulfonamides is 1. The summed E-state index contributed by atoms with van der Waals surface area (Å²) in [6.45, 7) is 3.24. The van der Waals surface area contributed by atoms with E-state index >= 15 is 0 Å². The molecule has 0 aliphatic heterocycles. The van der Waals surface area contributed by atoms with Gasteiger partial charge in [0.2, 0.25) is 15.9 Å². The zero-order valence-electron chi connectivity index (χ0n) is 18.8. The molecule has 3 aromatic carbocycles. The van der Waals surface area contributed by atoms with Crippen LogP contribution in [-0.2, 0) is 14.8 Å². The highest BCUT2D eigenvalue weighted by atomic mass is 35.5. The molecular weight excluding hydrogens is 464 g/mol. The van der Waals surface area contributed by atoms with E-state index in [4.69, 9.17) is 21.1 Å². The minimum atomic E-state index is -3.72. The lowest BCUT2D eigenvalue weighted by molar-refractivity contribution is -0.114.